The summed E-state index contributed by atoms with van der Waals surface area (Å²) in [5.41, 5.74) is 1.00. The summed E-state index contributed by atoms with van der Waals surface area (Å²) in [6.45, 7) is 5.06. The maximum absolute atomic E-state index is 14.0. The van der Waals surface area contributed by atoms with Crippen molar-refractivity contribution in [3.63, 3.8) is 0 Å². The van der Waals surface area contributed by atoms with E-state index in [0.29, 0.717) is 22.7 Å². The number of amides is 2. The van der Waals surface area contributed by atoms with E-state index in [-0.39, 0.29) is 23.4 Å². The zero-order valence-electron chi connectivity index (χ0n) is 21.5. The highest BCUT2D eigenvalue weighted by molar-refractivity contribution is 14.1. The second-order valence-electron chi connectivity index (χ2n) is 9.00. The zero-order valence-corrected chi connectivity index (χ0v) is 25.2. The number of nitrogens with zero attached hydrogens (tertiary/aromatic N) is 2. The van der Waals surface area contributed by atoms with Crippen LogP contribution in [0.1, 0.15) is 32.8 Å². The smallest absolute Gasteiger partial charge is 0.264 e. The standard InChI is InChI=1S/C28H31ClIN3O4S/c1-4-26(28(35)31-20(2)3)32(18-21-10-8-9-13-25(21)29)27(34)19-33(23-16-14-22(30)15-17-23)38(36,37)24-11-6-5-7-12-24/h5-17,20,26H,4,18-19H2,1-3H3,(H,31,35). The van der Waals surface area contributed by atoms with Crippen molar-refractivity contribution in [2.75, 3.05) is 10.8 Å². The Kier molecular flexibility index (Phi) is 10.6. The van der Waals surface area contributed by atoms with E-state index < -0.39 is 28.5 Å². The molecule has 0 fully saturated rings. The number of anilines is 1. The third-order valence-corrected chi connectivity index (χ3v) is 8.72. The van der Waals surface area contributed by atoms with Crippen LogP contribution >= 0.6 is 34.2 Å². The van der Waals surface area contributed by atoms with Crippen molar-refractivity contribution >= 4 is 61.7 Å². The van der Waals surface area contributed by atoms with Crippen molar-refractivity contribution in [2.45, 2.75) is 50.7 Å². The van der Waals surface area contributed by atoms with Gasteiger partial charge in [0.2, 0.25) is 11.8 Å². The molecular weight excluding hydrogens is 637 g/mol. The first kappa shape index (κ1) is 29.9. The average Bonchev–Trinajstić information content (AvgIpc) is 2.88. The molecule has 1 unspecified atom stereocenters. The predicted molar refractivity (Wildman–Crippen MR) is 159 cm³/mol. The lowest BCUT2D eigenvalue weighted by atomic mass is 10.1. The molecule has 3 aromatic carbocycles. The van der Waals surface area contributed by atoms with Crippen LogP contribution in [0.25, 0.3) is 0 Å². The normalized spacial score (nSPS) is 12.2. The third kappa shape index (κ3) is 7.48. The van der Waals surface area contributed by atoms with Gasteiger partial charge >= 0.3 is 0 Å². The van der Waals surface area contributed by atoms with Gasteiger partial charge in [-0.2, -0.15) is 0 Å². The highest BCUT2D eigenvalue weighted by Crippen LogP contribution is 2.26. The Bertz CT molecular complexity index is 1350. The van der Waals surface area contributed by atoms with E-state index in [1.165, 1.54) is 17.0 Å². The molecule has 0 saturated heterocycles. The van der Waals surface area contributed by atoms with Gasteiger partial charge < -0.3 is 10.2 Å². The number of halogens is 2. The molecule has 0 heterocycles. The van der Waals surface area contributed by atoms with Gasteiger partial charge in [-0.05, 0) is 90.9 Å². The van der Waals surface area contributed by atoms with E-state index in [0.717, 1.165) is 7.88 Å². The molecule has 0 aromatic heterocycles. The number of nitrogens with one attached hydrogen (secondary N) is 1. The minimum absolute atomic E-state index is 0.0500. The van der Waals surface area contributed by atoms with Gasteiger partial charge in [-0.3, -0.25) is 13.9 Å². The Morgan fingerprint density at radius 2 is 1.55 bits per heavy atom. The molecule has 0 aliphatic carbocycles. The third-order valence-electron chi connectivity index (χ3n) is 5.84. The fourth-order valence-corrected chi connectivity index (χ4v) is 5.96. The van der Waals surface area contributed by atoms with Gasteiger partial charge in [-0.15, -0.1) is 0 Å². The SMILES string of the molecule is CCC(C(=O)NC(C)C)N(Cc1ccccc1Cl)C(=O)CN(c1ccc(I)cc1)S(=O)(=O)c1ccccc1. The lowest BCUT2D eigenvalue weighted by molar-refractivity contribution is -0.140. The molecule has 3 rings (SSSR count). The molecule has 1 atom stereocenters. The van der Waals surface area contributed by atoms with Crippen LogP contribution in [-0.4, -0.2) is 43.8 Å². The van der Waals surface area contributed by atoms with Crippen LogP contribution in [0.3, 0.4) is 0 Å². The molecule has 3 aromatic rings. The Hall–Kier alpha value is -2.63. The average molecular weight is 668 g/mol. The van der Waals surface area contributed by atoms with Crippen LogP contribution < -0.4 is 9.62 Å². The first-order chi connectivity index (χ1) is 18.0. The quantitative estimate of drug-likeness (QED) is 0.275. The number of rotatable bonds is 11. The Morgan fingerprint density at radius 1 is 0.947 bits per heavy atom. The van der Waals surface area contributed by atoms with Crippen LogP contribution in [-0.2, 0) is 26.2 Å². The number of hydrogen-bond donors (Lipinski definition) is 1. The van der Waals surface area contributed by atoms with E-state index >= 15 is 0 Å². The molecule has 1 N–H and O–H groups in total. The molecular formula is C28H31ClIN3O4S. The second-order valence-corrected chi connectivity index (χ2v) is 12.5. The van der Waals surface area contributed by atoms with Crippen molar-refractivity contribution in [3.05, 3.63) is 93.0 Å². The maximum atomic E-state index is 14.0. The zero-order chi connectivity index (χ0) is 27.9. The van der Waals surface area contributed by atoms with Crippen LogP contribution in [0.4, 0.5) is 5.69 Å². The molecule has 2 amide bonds. The maximum Gasteiger partial charge on any atom is 0.264 e. The number of sulfonamides is 1. The van der Waals surface area contributed by atoms with Crippen LogP contribution in [0.5, 0.6) is 0 Å². The van der Waals surface area contributed by atoms with Gasteiger partial charge in [0.05, 0.1) is 10.6 Å². The Morgan fingerprint density at radius 3 is 2.13 bits per heavy atom. The number of benzene rings is 3. The van der Waals surface area contributed by atoms with Crippen molar-refractivity contribution in [1.82, 2.24) is 10.2 Å². The van der Waals surface area contributed by atoms with E-state index in [2.05, 4.69) is 27.9 Å². The first-order valence-corrected chi connectivity index (χ1v) is 15.1. The number of carbonyl (C=O) groups excluding carboxylic acids is 2. The van der Waals surface area contributed by atoms with Gasteiger partial charge in [0.25, 0.3) is 10.0 Å². The van der Waals surface area contributed by atoms with Crippen LogP contribution in [0.2, 0.25) is 5.02 Å². The molecule has 0 bridgehead atoms. The molecule has 38 heavy (non-hydrogen) atoms. The number of hydrogen-bond acceptors (Lipinski definition) is 4. The molecule has 0 spiro atoms. The topological polar surface area (TPSA) is 86.8 Å². The highest BCUT2D eigenvalue weighted by atomic mass is 127. The molecule has 0 aliphatic heterocycles. The van der Waals surface area contributed by atoms with Gasteiger partial charge in [0.1, 0.15) is 12.6 Å². The molecule has 0 aliphatic rings. The summed E-state index contributed by atoms with van der Waals surface area (Å²) >= 11 is 8.54. The van der Waals surface area contributed by atoms with E-state index in [4.69, 9.17) is 11.6 Å². The first-order valence-electron chi connectivity index (χ1n) is 12.2. The fourth-order valence-electron chi connectivity index (χ4n) is 3.97. The van der Waals surface area contributed by atoms with Gasteiger partial charge in [0, 0.05) is 21.2 Å². The monoisotopic (exact) mass is 667 g/mol. The lowest BCUT2D eigenvalue weighted by Gasteiger charge is -2.33. The van der Waals surface area contributed by atoms with Crippen LogP contribution in [0, 0.1) is 3.57 Å². The van der Waals surface area contributed by atoms with Crippen molar-refractivity contribution in [3.8, 4) is 0 Å². The van der Waals surface area contributed by atoms with Crippen molar-refractivity contribution in [1.29, 1.82) is 0 Å². The summed E-state index contributed by atoms with van der Waals surface area (Å²) in [5, 5.41) is 3.33. The minimum atomic E-state index is -4.09. The fraction of sp³-hybridized carbons (Fsp3) is 0.286. The largest absolute Gasteiger partial charge is 0.352 e. The Labute approximate surface area is 243 Å². The van der Waals surface area contributed by atoms with E-state index in [9.17, 15) is 18.0 Å². The van der Waals surface area contributed by atoms with Gasteiger partial charge in [-0.25, -0.2) is 8.42 Å². The van der Waals surface area contributed by atoms with Crippen LogP contribution in [0.15, 0.2) is 83.8 Å². The summed E-state index contributed by atoms with van der Waals surface area (Å²) in [5.74, 6) is -0.830. The molecule has 0 saturated carbocycles. The molecule has 0 radical (unpaired) electrons. The van der Waals surface area contributed by atoms with Gasteiger partial charge in [-0.1, -0.05) is 54.9 Å². The second kappa shape index (κ2) is 13.4. The summed E-state index contributed by atoms with van der Waals surface area (Å²) in [4.78, 5) is 28.6. The van der Waals surface area contributed by atoms with E-state index in [1.807, 2.05) is 20.8 Å². The summed E-state index contributed by atoms with van der Waals surface area (Å²) in [6, 6.07) is 21.0. The lowest BCUT2D eigenvalue weighted by Crippen LogP contribution is -2.53. The number of carbonyl (C=O) groups is 2. The Balaban J connectivity index is 2.06. The predicted octanol–water partition coefficient (Wildman–Crippen LogP) is 5.47. The minimum Gasteiger partial charge on any atom is -0.352 e. The molecule has 202 valence electrons. The summed E-state index contributed by atoms with van der Waals surface area (Å²) in [7, 11) is -4.09. The van der Waals surface area contributed by atoms with E-state index in [1.54, 1.807) is 66.7 Å². The highest BCUT2D eigenvalue weighted by Gasteiger charge is 2.34. The van der Waals surface area contributed by atoms with Crippen molar-refractivity contribution in [2.24, 2.45) is 0 Å². The van der Waals surface area contributed by atoms with Crippen molar-refractivity contribution < 1.29 is 18.0 Å². The molecule has 7 nitrogen and oxygen atoms in total. The molecule has 10 heteroatoms. The summed E-state index contributed by atoms with van der Waals surface area (Å²) < 4.78 is 29.5. The van der Waals surface area contributed by atoms with Gasteiger partial charge in [0.15, 0.2) is 0 Å². The summed E-state index contributed by atoms with van der Waals surface area (Å²) in [6.07, 6.45) is 0.337.